The number of hydrogen-bond acceptors (Lipinski definition) is 3. The highest BCUT2D eigenvalue weighted by molar-refractivity contribution is 5.86. The second-order valence-corrected chi connectivity index (χ2v) is 6.52. The third-order valence-electron chi connectivity index (χ3n) is 4.97. The number of carbonyl (C=O) groups is 1. The number of hydrogen-bond donors (Lipinski definition) is 2. The van der Waals surface area contributed by atoms with Crippen molar-refractivity contribution < 1.29 is 9.90 Å². The fraction of sp³-hybridized carbons (Fsp3) is 0.474. The monoisotopic (exact) mass is 327 g/mol. The molecule has 0 saturated heterocycles. The third kappa shape index (κ3) is 3.51. The Morgan fingerprint density at radius 2 is 2.00 bits per heavy atom. The van der Waals surface area contributed by atoms with E-state index in [1.54, 1.807) is 12.5 Å². The van der Waals surface area contributed by atoms with Crippen molar-refractivity contribution in [2.45, 2.75) is 44.2 Å². The van der Waals surface area contributed by atoms with E-state index in [2.05, 4.69) is 10.3 Å². The molecule has 1 fully saturated rings. The Kier molecular flexibility index (Phi) is 5.30. The van der Waals surface area contributed by atoms with E-state index in [0.717, 1.165) is 25.7 Å². The summed E-state index contributed by atoms with van der Waals surface area (Å²) in [5.74, 6) is -0.317. The molecule has 3 rings (SSSR count). The number of aliphatic hydroxyl groups is 1. The Labute approximate surface area is 142 Å². The minimum Gasteiger partial charge on any atom is -0.375 e. The van der Waals surface area contributed by atoms with Crippen molar-refractivity contribution in [3.8, 4) is 0 Å². The van der Waals surface area contributed by atoms with E-state index < -0.39 is 5.60 Å². The molecule has 1 atom stereocenters. The Morgan fingerprint density at radius 1 is 1.25 bits per heavy atom. The largest absolute Gasteiger partial charge is 0.375 e. The van der Waals surface area contributed by atoms with Crippen LogP contribution >= 0.6 is 0 Å². The van der Waals surface area contributed by atoms with Crippen molar-refractivity contribution in [2.75, 3.05) is 6.54 Å². The SMILES string of the molecule is O=C(NCCn1ccnc1)C(O)(c1ccccc1)C1CCCCC1. The van der Waals surface area contributed by atoms with Gasteiger partial charge in [-0.25, -0.2) is 4.98 Å². The van der Waals surface area contributed by atoms with Gasteiger partial charge in [0.05, 0.1) is 6.33 Å². The molecule has 2 aromatic rings. The number of benzene rings is 1. The van der Waals surface area contributed by atoms with Crippen molar-refractivity contribution in [1.82, 2.24) is 14.9 Å². The molecule has 2 N–H and O–H groups in total. The summed E-state index contributed by atoms with van der Waals surface area (Å²) in [6, 6.07) is 9.36. The van der Waals surface area contributed by atoms with Crippen LogP contribution in [0.1, 0.15) is 37.7 Å². The van der Waals surface area contributed by atoms with Crippen molar-refractivity contribution in [2.24, 2.45) is 5.92 Å². The molecule has 1 heterocycles. The number of aromatic nitrogens is 2. The summed E-state index contributed by atoms with van der Waals surface area (Å²) in [7, 11) is 0. The van der Waals surface area contributed by atoms with E-state index in [1.807, 2.05) is 41.1 Å². The Balaban J connectivity index is 1.74. The molecule has 1 aliphatic rings. The predicted octanol–water partition coefficient (Wildman–Crippen LogP) is 2.47. The molecule has 1 amide bonds. The van der Waals surface area contributed by atoms with Crippen LogP contribution in [0.2, 0.25) is 0 Å². The van der Waals surface area contributed by atoms with E-state index in [4.69, 9.17) is 0 Å². The van der Waals surface area contributed by atoms with Gasteiger partial charge in [0, 0.05) is 31.4 Å². The van der Waals surface area contributed by atoms with E-state index in [1.165, 1.54) is 6.42 Å². The number of amides is 1. The summed E-state index contributed by atoms with van der Waals surface area (Å²) in [4.78, 5) is 16.9. The summed E-state index contributed by atoms with van der Waals surface area (Å²) in [6.45, 7) is 1.11. The third-order valence-corrected chi connectivity index (χ3v) is 4.97. The maximum Gasteiger partial charge on any atom is 0.256 e. The smallest absolute Gasteiger partial charge is 0.256 e. The molecule has 0 aliphatic heterocycles. The van der Waals surface area contributed by atoms with Crippen molar-refractivity contribution >= 4 is 5.91 Å². The van der Waals surface area contributed by atoms with Crippen molar-refractivity contribution in [1.29, 1.82) is 0 Å². The highest BCUT2D eigenvalue weighted by Gasteiger charge is 2.45. The molecular weight excluding hydrogens is 302 g/mol. The zero-order valence-corrected chi connectivity index (χ0v) is 13.9. The zero-order chi connectivity index (χ0) is 16.8. The van der Waals surface area contributed by atoms with E-state index in [9.17, 15) is 9.90 Å². The number of rotatable bonds is 6. The summed E-state index contributed by atoms with van der Waals surface area (Å²) in [5, 5.41) is 14.3. The lowest BCUT2D eigenvalue weighted by Gasteiger charge is -2.37. The van der Waals surface area contributed by atoms with Crippen LogP contribution in [-0.4, -0.2) is 27.1 Å². The molecule has 5 nitrogen and oxygen atoms in total. The van der Waals surface area contributed by atoms with E-state index in [0.29, 0.717) is 18.7 Å². The first-order valence-electron chi connectivity index (χ1n) is 8.73. The fourth-order valence-corrected chi connectivity index (χ4v) is 3.62. The van der Waals surface area contributed by atoms with Gasteiger partial charge in [-0.05, 0) is 18.4 Å². The molecule has 128 valence electrons. The molecule has 24 heavy (non-hydrogen) atoms. The second kappa shape index (κ2) is 7.62. The Hall–Kier alpha value is -2.14. The average Bonchev–Trinajstić information content (AvgIpc) is 3.16. The van der Waals surface area contributed by atoms with Crippen LogP contribution in [0.5, 0.6) is 0 Å². The van der Waals surface area contributed by atoms with Gasteiger partial charge >= 0.3 is 0 Å². The van der Waals surface area contributed by atoms with Gasteiger partial charge < -0.3 is 15.0 Å². The first-order valence-corrected chi connectivity index (χ1v) is 8.73. The predicted molar refractivity (Wildman–Crippen MR) is 92.2 cm³/mol. The quantitative estimate of drug-likeness (QED) is 0.856. The van der Waals surface area contributed by atoms with Gasteiger partial charge in [-0.2, -0.15) is 0 Å². The summed E-state index contributed by atoms with van der Waals surface area (Å²) < 4.78 is 1.91. The topological polar surface area (TPSA) is 67.2 Å². The summed E-state index contributed by atoms with van der Waals surface area (Å²) in [6.07, 6.45) is 10.4. The zero-order valence-electron chi connectivity index (χ0n) is 13.9. The number of imidazole rings is 1. The van der Waals surface area contributed by atoms with Crippen molar-refractivity contribution in [3.05, 3.63) is 54.6 Å². The molecule has 1 aromatic carbocycles. The average molecular weight is 327 g/mol. The number of nitrogens with one attached hydrogen (secondary N) is 1. The minimum absolute atomic E-state index is 0.0260. The van der Waals surface area contributed by atoms with Crippen LogP contribution < -0.4 is 5.32 Å². The normalized spacial score (nSPS) is 18.0. The summed E-state index contributed by atoms with van der Waals surface area (Å²) >= 11 is 0. The molecule has 1 unspecified atom stereocenters. The highest BCUT2D eigenvalue weighted by atomic mass is 16.3. The standard InChI is InChI=1S/C19H25N3O2/c23-18(21-12-14-22-13-11-20-15-22)19(24,16-7-3-1-4-8-16)17-9-5-2-6-10-17/h1,3-4,7-8,11,13,15,17,24H,2,5-6,9-10,12,14H2,(H,21,23). The van der Waals surface area contributed by atoms with Gasteiger partial charge in [0.25, 0.3) is 5.91 Å². The van der Waals surface area contributed by atoms with Crippen LogP contribution in [-0.2, 0) is 16.9 Å². The van der Waals surface area contributed by atoms with E-state index >= 15 is 0 Å². The van der Waals surface area contributed by atoms with Gasteiger partial charge in [-0.1, -0.05) is 49.6 Å². The summed E-state index contributed by atoms with van der Waals surface area (Å²) in [5.41, 5.74) is -0.756. The molecule has 0 radical (unpaired) electrons. The molecule has 0 bridgehead atoms. The minimum atomic E-state index is -1.45. The lowest BCUT2D eigenvalue weighted by molar-refractivity contribution is -0.149. The van der Waals surface area contributed by atoms with E-state index in [-0.39, 0.29) is 11.8 Å². The molecular formula is C19H25N3O2. The van der Waals surface area contributed by atoms with Crippen LogP contribution in [0.15, 0.2) is 49.1 Å². The Bertz CT molecular complexity index is 636. The van der Waals surface area contributed by atoms with Gasteiger partial charge in [0.1, 0.15) is 0 Å². The van der Waals surface area contributed by atoms with Gasteiger partial charge in [0.15, 0.2) is 5.60 Å². The lowest BCUT2D eigenvalue weighted by atomic mass is 9.73. The molecule has 1 aromatic heterocycles. The lowest BCUT2D eigenvalue weighted by Crippen LogP contribution is -2.50. The van der Waals surface area contributed by atoms with Crippen LogP contribution in [0, 0.1) is 5.92 Å². The number of nitrogens with zero attached hydrogens (tertiary/aromatic N) is 2. The van der Waals surface area contributed by atoms with Crippen LogP contribution in [0.3, 0.4) is 0 Å². The first kappa shape index (κ1) is 16.7. The van der Waals surface area contributed by atoms with Gasteiger partial charge in [-0.3, -0.25) is 4.79 Å². The molecule has 1 aliphatic carbocycles. The van der Waals surface area contributed by atoms with Gasteiger partial charge in [-0.15, -0.1) is 0 Å². The highest BCUT2D eigenvalue weighted by Crippen LogP contribution is 2.39. The van der Waals surface area contributed by atoms with Gasteiger partial charge in [0.2, 0.25) is 0 Å². The molecule has 5 heteroatoms. The maximum absolute atomic E-state index is 12.9. The second-order valence-electron chi connectivity index (χ2n) is 6.52. The number of carbonyl (C=O) groups excluding carboxylic acids is 1. The fourth-order valence-electron chi connectivity index (χ4n) is 3.62. The maximum atomic E-state index is 12.9. The molecule has 0 spiro atoms. The Morgan fingerprint density at radius 3 is 2.67 bits per heavy atom. The van der Waals surface area contributed by atoms with Crippen LogP contribution in [0.4, 0.5) is 0 Å². The first-order chi connectivity index (χ1) is 11.7. The van der Waals surface area contributed by atoms with Crippen LogP contribution in [0.25, 0.3) is 0 Å². The van der Waals surface area contributed by atoms with Crippen molar-refractivity contribution in [3.63, 3.8) is 0 Å². The molecule has 1 saturated carbocycles.